The molecule has 1 N–H and O–H groups in total. The van der Waals surface area contributed by atoms with E-state index in [1.807, 2.05) is 0 Å². The van der Waals surface area contributed by atoms with Crippen LogP contribution in [0.2, 0.25) is 0 Å². The van der Waals surface area contributed by atoms with E-state index in [0.717, 1.165) is 12.2 Å². The summed E-state index contributed by atoms with van der Waals surface area (Å²) in [5, 5.41) is 2.67. The molecule has 4 heteroatoms. The summed E-state index contributed by atoms with van der Waals surface area (Å²) in [7, 11) is 0. The highest BCUT2D eigenvalue weighted by Gasteiger charge is 2.06. The molecule has 2 rings (SSSR count). The molecule has 0 bridgehead atoms. The van der Waals surface area contributed by atoms with E-state index in [-0.39, 0.29) is 11.7 Å². The van der Waals surface area contributed by atoms with Gasteiger partial charge in [0.1, 0.15) is 11.6 Å². The summed E-state index contributed by atoms with van der Waals surface area (Å²) in [6.07, 6.45) is 4.64. The van der Waals surface area contributed by atoms with Gasteiger partial charge in [0, 0.05) is 11.3 Å². The van der Waals surface area contributed by atoms with Crippen LogP contribution in [0.4, 0.5) is 10.1 Å². The minimum Gasteiger partial charge on any atom is -0.494 e. The van der Waals surface area contributed by atoms with Crippen molar-refractivity contribution >= 4 is 11.6 Å². The zero-order chi connectivity index (χ0) is 16.5. The van der Waals surface area contributed by atoms with E-state index >= 15 is 0 Å². The summed E-state index contributed by atoms with van der Waals surface area (Å²) < 4.78 is 18.7. The van der Waals surface area contributed by atoms with Crippen molar-refractivity contribution in [1.29, 1.82) is 0 Å². The van der Waals surface area contributed by atoms with Crippen LogP contribution in [0.1, 0.15) is 43.0 Å². The summed E-state index contributed by atoms with van der Waals surface area (Å²) in [5.41, 5.74) is 0.943. The smallest absolute Gasteiger partial charge is 0.255 e. The monoisotopic (exact) mass is 315 g/mol. The average molecular weight is 315 g/mol. The van der Waals surface area contributed by atoms with Crippen LogP contribution in [-0.2, 0) is 0 Å². The molecule has 0 aromatic heterocycles. The van der Waals surface area contributed by atoms with E-state index in [1.54, 1.807) is 36.4 Å². The summed E-state index contributed by atoms with van der Waals surface area (Å²) >= 11 is 0. The van der Waals surface area contributed by atoms with Crippen molar-refractivity contribution in [1.82, 2.24) is 0 Å². The molecule has 0 fully saturated rings. The number of benzene rings is 2. The molecule has 23 heavy (non-hydrogen) atoms. The number of halogens is 1. The molecule has 2 aromatic rings. The molecule has 0 saturated heterocycles. The van der Waals surface area contributed by atoms with Gasteiger partial charge in [0.25, 0.3) is 5.91 Å². The average Bonchev–Trinajstić information content (AvgIpc) is 2.55. The van der Waals surface area contributed by atoms with Gasteiger partial charge in [-0.1, -0.05) is 32.3 Å². The lowest BCUT2D eigenvalue weighted by Crippen LogP contribution is -2.11. The Morgan fingerprint density at radius 2 is 1.87 bits per heavy atom. The number of ether oxygens (including phenoxy) is 1. The van der Waals surface area contributed by atoms with Crippen LogP contribution < -0.4 is 10.1 Å². The number of nitrogens with one attached hydrogen (secondary N) is 1. The minimum absolute atomic E-state index is 0.273. The molecule has 0 heterocycles. The second-order valence-corrected chi connectivity index (χ2v) is 5.40. The Labute approximate surface area is 136 Å². The number of anilines is 1. The first kappa shape index (κ1) is 17.0. The van der Waals surface area contributed by atoms with Crippen LogP contribution in [0.25, 0.3) is 0 Å². The highest BCUT2D eigenvalue weighted by molar-refractivity contribution is 6.04. The van der Waals surface area contributed by atoms with Crippen molar-refractivity contribution in [2.24, 2.45) is 0 Å². The normalized spacial score (nSPS) is 10.3. The first-order valence-electron chi connectivity index (χ1n) is 7.99. The largest absolute Gasteiger partial charge is 0.494 e. The third kappa shape index (κ3) is 5.74. The van der Waals surface area contributed by atoms with E-state index in [9.17, 15) is 9.18 Å². The van der Waals surface area contributed by atoms with Crippen LogP contribution in [-0.4, -0.2) is 12.5 Å². The molecule has 0 radical (unpaired) electrons. The van der Waals surface area contributed by atoms with Gasteiger partial charge >= 0.3 is 0 Å². The van der Waals surface area contributed by atoms with Crippen molar-refractivity contribution in [3.8, 4) is 5.75 Å². The van der Waals surface area contributed by atoms with E-state index in [1.165, 1.54) is 31.4 Å². The second kappa shape index (κ2) is 8.93. The molecule has 0 unspecified atom stereocenters. The molecule has 0 aliphatic heterocycles. The highest BCUT2D eigenvalue weighted by Crippen LogP contribution is 2.15. The van der Waals surface area contributed by atoms with Crippen molar-refractivity contribution < 1.29 is 13.9 Å². The van der Waals surface area contributed by atoms with E-state index in [4.69, 9.17) is 4.74 Å². The molecule has 1 amide bonds. The lowest BCUT2D eigenvalue weighted by Gasteiger charge is -2.08. The molecular formula is C19H22FNO2. The molecule has 0 saturated carbocycles. The Kier molecular flexibility index (Phi) is 6.60. The van der Waals surface area contributed by atoms with Crippen LogP contribution in [0, 0.1) is 5.82 Å². The minimum atomic E-state index is -0.380. The van der Waals surface area contributed by atoms with Crippen LogP contribution >= 0.6 is 0 Å². The standard InChI is InChI=1S/C19H22FNO2/c1-2-3-4-5-13-23-18-11-9-15(10-12-18)19(22)21-17-8-6-7-16(20)14-17/h6-12,14H,2-5,13H2,1H3,(H,21,22). The van der Waals surface area contributed by atoms with Crippen LogP contribution in [0.5, 0.6) is 5.75 Å². The third-order valence-corrected chi connectivity index (χ3v) is 3.47. The van der Waals surface area contributed by atoms with E-state index in [0.29, 0.717) is 17.9 Å². The molecule has 0 atom stereocenters. The third-order valence-electron chi connectivity index (χ3n) is 3.47. The Hall–Kier alpha value is -2.36. The number of carbonyl (C=O) groups excluding carboxylic acids is 1. The Morgan fingerprint density at radius 3 is 2.57 bits per heavy atom. The van der Waals surface area contributed by atoms with Gasteiger partial charge in [-0.3, -0.25) is 4.79 Å². The summed E-state index contributed by atoms with van der Waals surface area (Å²) in [5.74, 6) is 0.100. The molecule has 122 valence electrons. The van der Waals surface area contributed by atoms with Gasteiger partial charge in [0.05, 0.1) is 6.61 Å². The fraction of sp³-hybridized carbons (Fsp3) is 0.316. The summed E-state index contributed by atoms with van der Waals surface area (Å²) in [6, 6.07) is 12.8. The lowest BCUT2D eigenvalue weighted by molar-refractivity contribution is 0.102. The van der Waals surface area contributed by atoms with Crippen molar-refractivity contribution in [2.45, 2.75) is 32.6 Å². The Bertz CT molecular complexity index is 626. The zero-order valence-electron chi connectivity index (χ0n) is 13.3. The number of hydrogen-bond donors (Lipinski definition) is 1. The summed E-state index contributed by atoms with van der Waals surface area (Å²) in [4.78, 5) is 12.1. The summed E-state index contributed by atoms with van der Waals surface area (Å²) in [6.45, 7) is 2.86. The Morgan fingerprint density at radius 1 is 1.09 bits per heavy atom. The first-order chi connectivity index (χ1) is 11.2. The SMILES string of the molecule is CCCCCCOc1ccc(C(=O)Nc2cccc(F)c2)cc1. The number of hydrogen-bond acceptors (Lipinski definition) is 2. The number of rotatable bonds is 8. The van der Waals surface area contributed by atoms with E-state index in [2.05, 4.69) is 12.2 Å². The molecule has 0 spiro atoms. The van der Waals surface area contributed by atoms with E-state index < -0.39 is 0 Å². The number of unbranched alkanes of at least 4 members (excludes halogenated alkanes) is 3. The van der Waals surface area contributed by atoms with Gasteiger partial charge in [-0.15, -0.1) is 0 Å². The van der Waals surface area contributed by atoms with Gasteiger partial charge < -0.3 is 10.1 Å². The predicted molar refractivity (Wildman–Crippen MR) is 90.4 cm³/mol. The fourth-order valence-corrected chi connectivity index (χ4v) is 2.19. The number of carbonyl (C=O) groups is 1. The van der Waals surface area contributed by atoms with Gasteiger partial charge in [-0.25, -0.2) is 4.39 Å². The topological polar surface area (TPSA) is 38.3 Å². The number of amides is 1. The highest BCUT2D eigenvalue weighted by atomic mass is 19.1. The molecule has 3 nitrogen and oxygen atoms in total. The van der Waals surface area contributed by atoms with Crippen LogP contribution in [0.15, 0.2) is 48.5 Å². The van der Waals surface area contributed by atoms with Crippen molar-refractivity contribution in [3.05, 3.63) is 59.9 Å². The maximum absolute atomic E-state index is 13.1. The molecule has 2 aromatic carbocycles. The molecular weight excluding hydrogens is 293 g/mol. The van der Waals surface area contributed by atoms with Crippen molar-refractivity contribution in [3.63, 3.8) is 0 Å². The van der Waals surface area contributed by atoms with Gasteiger partial charge in [-0.2, -0.15) is 0 Å². The fourth-order valence-electron chi connectivity index (χ4n) is 2.19. The van der Waals surface area contributed by atoms with Crippen molar-refractivity contribution in [2.75, 3.05) is 11.9 Å². The Balaban J connectivity index is 1.85. The van der Waals surface area contributed by atoms with Gasteiger partial charge in [-0.05, 0) is 48.9 Å². The first-order valence-corrected chi connectivity index (χ1v) is 7.99. The lowest BCUT2D eigenvalue weighted by atomic mass is 10.2. The predicted octanol–water partition coefficient (Wildman–Crippen LogP) is 5.04. The maximum atomic E-state index is 13.1. The maximum Gasteiger partial charge on any atom is 0.255 e. The molecule has 0 aliphatic rings. The van der Waals surface area contributed by atoms with Gasteiger partial charge in [0.15, 0.2) is 0 Å². The van der Waals surface area contributed by atoms with Gasteiger partial charge in [0.2, 0.25) is 0 Å². The quantitative estimate of drug-likeness (QED) is 0.693. The van der Waals surface area contributed by atoms with Crippen LogP contribution in [0.3, 0.4) is 0 Å². The molecule has 0 aliphatic carbocycles. The second-order valence-electron chi connectivity index (χ2n) is 5.40. The zero-order valence-corrected chi connectivity index (χ0v) is 13.3.